The molecule has 2 N–H and O–H groups in total. The Morgan fingerprint density at radius 1 is 1.23 bits per heavy atom. The highest BCUT2D eigenvalue weighted by Gasteiger charge is 2.30. The second kappa shape index (κ2) is 8.93. The molecule has 1 aliphatic rings. The van der Waals surface area contributed by atoms with Gasteiger partial charge in [0.1, 0.15) is 24.3 Å². The van der Waals surface area contributed by atoms with Gasteiger partial charge in [-0.15, -0.1) is 0 Å². The van der Waals surface area contributed by atoms with Gasteiger partial charge in [0.2, 0.25) is 11.8 Å². The summed E-state index contributed by atoms with van der Waals surface area (Å²) in [7, 11) is 0. The average molecular weight is 446 g/mol. The lowest BCUT2D eigenvalue weighted by molar-refractivity contribution is -0.119. The molecule has 30 heavy (non-hydrogen) atoms. The van der Waals surface area contributed by atoms with Crippen LogP contribution >= 0.6 is 23.2 Å². The minimum absolute atomic E-state index is 0.247. The number of amides is 1. The van der Waals surface area contributed by atoms with Crippen LogP contribution in [0.2, 0.25) is 10.0 Å². The summed E-state index contributed by atoms with van der Waals surface area (Å²) in [5, 5.41) is 1.18. The predicted octanol–water partition coefficient (Wildman–Crippen LogP) is 3.67. The van der Waals surface area contributed by atoms with Crippen LogP contribution in [0, 0.1) is 0 Å². The zero-order valence-corrected chi connectivity index (χ0v) is 17.7. The van der Waals surface area contributed by atoms with Crippen molar-refractivity contribution in [3.05, 3.63) is 70.2 Å². The first-order chi connectivity index (χ1) is 14.5. The van der Waals surface area contributed by atoms with Gasteiger partial charge in [0, 0.05) is 41.6 Å². The van der Waals surface area contributed by atoms with E-state index in [9.17, 15) is 4.79 Å². The predicted molar refractivity (Wildman–Crippen MR) is 116 cm³/mol. The first kappa shape index (κ1) is 20.5. The van der Waals surface area contributed by atoms with E-state index in [1.807, 2.05) is 39.9 Å². The first-order valence-corrected chi connectivity index (χ1v) is 10.4. The zero-order valence-electron chi connectivity index (χ0n) is 16.2. The van der Waals surface area contributed by atoms with Gasteiger partial charge in [-0.3, -0.25) is 4.79 Å². The van der Waals surface area contributed by atoms with E-state index in [0.717, 1.165) is 30.8 Å². The van der Waals surface area contributed by atoms with Crippen molar-refractivity contribution in [2.45, 2.75) is 32.0 Å². The lowest BCUT2D eigenvalue weighted by atomic mass is 10.2. The van der Waals surface area contributed by atoms with Crippen LogP contribution in [0.3, 0.4) is 0 Å². The van der Waals surface area contributed by atoms with Crippen LogP contribution in [-0.2, 0) is 17.9 Å². The Labute approximate surface area is 184 Å². The third-order valence-electron chi connectivity index (χ3n) is 5.01. The molecule has 1 saturated heterocycles. The lowest BCUT2D eigenvalue weighted by Gasteiger charge is -2.23. The van der Waals surface area contributed by atoms with Crippen molar-refractivity contribution in [3.63, 3.8) is 0 Å². The molecule has 3 heterocycles. The molecule has 0 bridgehead atoms. The normalized spacial score (nSPS) is 16.1. The number of benzene rings is 1. The Kier molecular flexibility index (Phi) is 6.11. The molecule has 1 atom stereocenters. The number of carbonyl (C=O) groups excluding carboxylic acids is 1. The summed E-state index contributed by atoms with van der Waals surface area (Å²) >= 11 is 12.2. The van der Waals surface area contributed by atoms with Crippen molar-refractivity contribution >= 4 is 34.9 Å². The van der Waals surface area contributed by atoms with Crippen molar-refractivity contribution in [1.82, 2.24) is 14.5 Å². The topological polar surface area (TPSA) is 86.3 Å². The average Bonchev–Trinajstić information content (AvgIpc) is 3.35. The highest BCUT2D eigenvalue weighted by Crippen LogP contribution is 2.25. The summed E-state index contributed by atoms with van der Waals surface area (Å²) in [6, 6.07) is 10.6. The van der Waals surface area contributed by atoms with E-state index in [0.29, 0.717) is 28.3 Å². The van der Waals surface area contributed by atoms with Crippen LogP contribution in [-0.4, -0.2) is 33.0 Å². The molecule has 1 aromatic carbocycles. The van der Waals surface area contributed by atoms with Crippen molar-refractivity contribution in [2.75, 3.05) is 11.4 Å². The molecule has 1 amide bonds. The summed E-state index contributed by atoms with van der Waals surface area (Å²) < 4.78 is 7.85. The summed E-state index contributed by atoms with van der Waals surface area (Å²) in [5.74, 6) is 1.56. The van der Waals surface area contributed by atoms with Gasteiger partial charge in [0.05, 0.1) is 0 Å². The molecule has 9 heteroatoms. The fourth-order valence-electron chi connectivity index (χ4n) is 3.64. The van der Waals surface area contributed by atoms with Crippen LogP contribution in [0.5, 0.6) is 5.88 Å². The van der Waals surface area contributed by atoms with E-state index in [-0.39, 0.29) is 18.6 Å². The Morgan fingerprint density at radius 3 is 2.80 bits per heavy atom. The van der Waals surface area contributed by atoms with E-state index in [1.165, 1.54) is 0 Å². The highest BCUT2D eigenvalue weighted by atomic mass is 35.5. The fraction of sp³-hybridized carbons (Fsp3) is 0.286. The van der Waals surface area contributed by atoms with E-state index in [2.05, 4.69) is 9.97 Å². The molecule has 3 aromatic rings. The number of anilines is 1. The first-order valence-electron chi connectivity index (χ1n) is 9.60. The summed E-state index contributed by atoms with van der Waals surface area (Å²) in [4.78, 5) is 22.5. The number of halogens is 2. The molecule has 0 spiro atoms. The van der Waals surface area contributed by atoms with Crippen molar-refractivity contribution in [3.8, 4) is 5.88 Å². The van der Waals surface area contributed by atoms with Gasteiger partial charge < -0.3 is 19.9 Å². The molecular formula is C21H21Cl2N5O2. The van der Waals surface area contributed by atoms with Gasteiger partial charge in [-0.1, -0.05) is 29.3 Å². The molecule has 0 radical (unpaired) electrons. The Bertz CT molecular complexity index is 1040. The molecule has 0 aliphatic carbocycles. The smallest absolute Gasteiger partial charge is 0.240 e. The molecule has 4 rings (SSSR count). The van der Waals surface area contributed by atoms with Gasteiger partial charge in [0.15, 0.2) is 0 Å². The van der Waals surface area contributed by atoms with Crippen LogP contribution in [0.1, 0.15) is 24.2 Å². The number of ether oxygens (including phenoxy) is 1. The molecule has 1 fully saturated rings. The van der Waals surface area contributed by atoms with Crippen molar-refractivity contribution < 1.29 is 9.53 Å². The summed E-state index contributed by atoms with van der Waals surface area (Å²) in [6.07, 6.45) is 5.24. The number of hydrogen-bond acceptors (Lipinski definition) is 5. The third kappa shape index (κ3) is 4.68. The summed E-state index contributed by atoms with van der Waals surface area (Å²) in [6.45, 7) is 1.56. The number of aromatic nitrogens is 3. The maximum absolute atomic E-state index is 11.7. The number of nitrogens with zero attached hydrogens (tertiary/aromatic N) is 4. The van der Waals surface area contributed by atoms with Gasteiger partial charge in [0.25, 0.3) is 0 Å². The van der Waals surface area contributed by atoms with E-state index in [1.54, 1.807) is 18.3 Å². The largest absolute Gasteiger partial charge is 0.469 e. The number of nitrogens with two attached hydrogens (primary N) is 1. The number of primary amides is 1. The maximum atomic E-state index is 11.7. The SMILES string of the molecule is NC(=O)[C@@H]1CCCN1c1cccc(OCc2nccn2Cc2cc(Cl)cc(Cl)c2)n1. The minimum atomic E-state index is -0.330. The van der Waals surface area contributed by atoms with Crippen molar-refractivity contribution in [1.29, 1.82) is 0 Å². The van der Waals surface area contributed by atoms with Gasteiger partial charge in [-0.2, -0.15) is 4.98 Å². The minimum Gasteiger partial charge on any atom is -0.469 e. The van der Waals surface area contributed by atoms with E-state index < -0.39 is 0 Å². The Morgan fingerprint density at radius 2 is 2.03 bits per heavy atom. The quantitative estimate of drug-likeness (QED) is 0.599. The van der Waals surface area contributed by atoms with Crippen LogP contribution in [0.15, 0.2) is 48.8 Å². The molecule has 0 unspecified atom stereocenters. The standard InChI is InChI=1S/C21H21Cl2N5O2/c22-15-9-14(10-16(23)11-15)12-27-8-6-25-19(27)13-30-20-5-1-4-18(26-20)28-7-2-3-17(28)21(24)29/h1,4-6,8-11,17H,2-3,7,12-13H2,(H2,24,29)/t17-/m0/s1. The molecule has 2 aromatic heterocycles. The van der Waals surface area contributed by atoms with Gasteiger partial charge in [-0.25, -0.2) is 4.98 Å². The molecule has 156 valence electrons. The molecule has 0 saturated carbocycles. The number of imidazole rings is 1. The summed E-state index contributed by atoms with van der Waals surface area (Å²) in [5.41, 5.74) is 6.49. The molecule has 1 aliphatic heterocycles. The van der Waals surface area contributed by atoms with Gasteiger partial charge >= 0.3 is 0 Å². The number of hydrogen-bond donors (Lipinski definition) is 1. The number of pyridine rings is 1. The third-order valence-corrected chi connectivity index (χ3v) is 5.45. The highest BCUT2D eigenvalue weighted by molar-refractivity contribution is 6.34. The van der Waals surface area contributed by atoms with E-state index >= 15 is 0 Å². The van der Waals surface area contributed by atoms with Crippen molar-refractivity contribution in [2.24, 2.45) is 5.73 Å². The zero-order chi connectivity index (χ0) is 21.1. The van der Waals surface area contributed by atoms with Crippen LogP contribution in [0.4, 0.5) is 5.82 Å². The molecule has 7 nitrogen and oxygen atoms in total. The fourth-order valence-corrected chi connectivity index (χ4v) is 4.21. The number of carbonyl (C=O) groups is 1. The van der Waals surface area contributed by atoms with Crippen LogP contribution < -0.4 is 15.4 Å². The lowest BCUT2D eigenvalue weighted by Crippen LogP contribution is -2.40. The maximum Gasteiger partial charge on any atom is 0.240 e. The second-order valence-corrected chi connectivity index (χ2v) is 8.00. The Balaban J connectivity index is 1.45. The van der Waals surface area contributed by atoms with Crippen LogP contribution in [0.25, 0.3) is 0 Å². The molecular weight excluding hydrogens is 425 g/mol. The number of rotatable bonds is 7. The van der Waals surface area contributed by atoms with Gasteiger partial charge in [-0.05, 0) is 42.7 Å². The Hall–Kier alpha value is -2.77. The van der Waals surface area contributed by atoms with E-state index in [4.69, 9.17) is 33.7 Å². The monoisotopic (exact) mass is 445 g/mol. The second-order valence-electron chi connectivity index (χ2n) is 7.13.